The van der Waals surface area contributed by atoms with E-state index >= 15 is 0 Å². The Hall–Kier alpha value is -0.790. The van der Waals surface area contributed by atoms with Crippen molar-refractivity contribution in [3.8, 4) is 0 Å². The van der Waals surface area contributed by atoms with Crippen LogP contribution in [0.15, 0.2) is 11.6 Å². The summed E-state index contributed by atoms with van der Waals surface area (Å²) in [5.41, 5.74) is 1.83. The van der Waals surface area contributed by atoms with Gasteiger partial charge in [-0.05, 0) is 42.9 Å². The van der Waals surface area contributed by atoms with Gasteiger partial charge in [0, 0.05) is 0 Å². The highest BCUT2D eigenvalue weighted by Gasteiger charge is 2.44. The lowest BCUT2D eigenvalue weighted by atomic mass is 9.56. The highest BCUT2D eigenvalue weighted by molar-refractivity contribution is 5.73. The lowest BCUT2D eigenvalue weighted by Crippen LogP contribution is -2.40. The molecule has 0 N–H and O–H groups in total. The van der Waals surface area contributed by atoms with Crippen LogP contribution in [0.5, 0.6) is 0 Å². The fourth-order valence-electron chi connectivity index (χ4n) is 3.60. The van der Waals surface area contributed by atoms with Crippen LogP contribution in [0.2, 0.25) is 0 Å². The molecule has 1 saturated carbocycles. The molecule has 0 bridgehead atoms. The molecular weight excluding hydrogens is 212 g/mol. The van der Waals surface area contributed by atoms with E-state index in [9.17, 15) is 4.79 Å². The molecule has 0 amide bonds. The third-order valence-electron chi connectivity index (χ3n) is 5.34. The van der Waals surface area contributed by atoms with Crippen molar-refractivity contribution in [3.05, 3.63) is 11.6 Å². The van der Waals surface area contributed by atoms with E-state index in [0.29, 0.717) is 5.41 Å². The van der Waals surface area contributed by atoms with Crippen molar-refractivity contribution in [1.29, 1.82) is 0 Å². The molecule has 2 aliphatic rings. The Morgan fingerprint density at radius 1 is 1.47 bits per heavy atom. The van der Waals surface area contributed by atoms with E-state index in [1.54, 1.807) is 0 Å². The number of ether oxygens (including phenoxy) is 1. The lowest BCUT2D eigenvalue weighted by molar-refractivity contribution is -0.146. The number of carbonyl (C=O) groups is 1. The Labute approximate surface area is 104 Å². The summed E-state index contributed by atoms with van der Waals surface area (Å²) in [5.74, 6) is 1.55. The maximum absolute atomic E-state index is 11.6. The molecule has 2 nitrogen and oxygen atoms in total. The first-order valence-corrected chi connectivity index (χ1v) is 6.76. The van der Waals surface area contributed by atoms with Crippen LogP contribution in [-0.4, -0.2) is 13.1 Å². The normalized spacial score (nSPS) is 41.4. The molecule has 0 aromatic heterocycles. The molecular formula is C15H24O2. The standard InChI is InChI=1S/C15H24O2/c1-10-5-6-13-9-12(14(16)17-4)7-8-15(13,3)11(10)2/h6,10-12H,5,7-9H2,1-4H3/t10?,11?,12-,15+/m0/s1. The van der Waals surface area contributed by atoms with E-state index in [-0.39, 0.29) is 11.9 Å². The van der Waals surface area contributed by atoms with Gasteiger partial charge in [-0.15, -0.1) is 0 Å². The number of rotatable bonds is 1. The van der Waals surface area contributed by atoms with E-state index in [0.717, 1.165) is 31.1 Å². The minimum Gasteiger partial charge on any atom is -0.469 e. The number of hydrogen-bond donors (Lipinski definition) is 0. The molecule has 4 atom stereocenters. The first-order chi connectivity index (χ1) is 7.99. The highest BCUT2D eigenvalue weighted by atomic mass is 16.5. The summed E-state index contributed by atoms with van der Waals surface area (Å²) in [7, 11) is 1.50. The van der Waals surface area contributed by atoms with Crippen molar-refractivity contribution in [2.45, 2.75) is 46.5 Å². The van der Waals surface area contributed by atoms with E-state index in [4.69, 9.17) is 4.74 Å². The first-order valence-electron chi connectivity index (χ1n) is 6.76. The molecule has 0 aromatic rings. The predicted octanol–water partition coefficient (Wildman–Crippen LogP) is 3.57. The van der Waals surface area contributed by atoms with Crippen molar-refractivity contribution >= 4 is 5.97 Å². The summed E-state index contributed by atoms with van der Waals surface area (Å²) in [6.45, 7) is 7.10. The van der Waals surface area contributed by atoms with Crippen LogP contribution < -0.4 is 0 Å². The summed E-state index contributed by atoms with van der Waals surface area (Å²) < 4.78 is 4.88. The predicted molar refractivity (Wildman–Crippen MR) is 68.5 cm³/mol. The van der Waals surface area contributed by atoms with E-state index < -0.39 is 0 Å². The van der Waals surface area contributed by atoms with Gasteiger partial charge >= 0.3 is 5.97 Å². The Morgan fingerprint density at radius 3 is 2.82 bits per heavy atom. The number of methoxy groups -OCH3 is 1. The van der Waals surface area contributed by atoms with Crippen molar-refractivity contribution in [1.82, 2.24) is 0 Å². The average molecular weight is 236 g/mol. The summed E-state index contributed by atoms with van der Waals surface area (Å²) in [6.07, 6.45) is 6.58. The molecule has 17 heavy (non-hydrogen) atoms. The first kappa shape index (κ1) is 12.7. The molecule has 0 aliphatic heterocycles. The molecule has 0 saturated heterocycles. The van der Waals surface area contributed by atoms with Gasteiger partial charge < -0.3 is 4.74 Å². The summed E-state index contributed by atoms with van der Waals surface area (Å²) in [4.78, 5) is 11.6. The molecule has 0 spiro atoms. The smallest absolute Gasteiger partial charge is 0.308 e. The van der Waals surface area contributed by atoms with E-state index in [1.165, 1.54) is 19.1 Å². The Morgan fingerprint density at radius 2 is 2.18 bits per heavy atom. The Bertz CT molecular complexity index is 345. The average Bonchev–Trinajstić information content (AvgIpc) is 2.34. The summed E-state index contributed by atoms with van der Waals surface area (Å²) in [5, 5.41) is 0. The van der Waals surface area contributed by atoms with Crippen molar-refractivity contribution in [2.24, 2.45) is 23.2 Å². The quantitative estimate of drug-likeness (QED) is 0.514. The number of fused-ring (bicyclic) bond motifs is 1. The molecule has 2 unspecified atom stereocenters. The molecule has 96 valence electrons. The van der Waals surface area contributed by atoms with Gasteiger partial charge in [-0.25, -0.2) is 0 Å². The van der Waals surface area contributed by atoms with Gasteiger partial charge in [-0.2, -0.15) is 0 Å². The third kappa shape index (κ3) is 2.02. The summed E-state index contributed by atoms with van der Waals surface area (Å²) in [6, 6.07) is 0. The molecule has 0 heterocycles. The van der Waals surface area contributed by atoms with Crippen LogP contribution in [0.1, 0.15) is 46.5 Å². The number of hydrogen-bond acceptors (Lipinski definition) is 2. The second kappa shape index (κ2) is 4.47. The maximum Gasteiger partial charge on any atom is 0.308 e. The van der Waals surface area contributed by atoms with Crippen molar-refractivity contribution < 1.29 is 9.53 Å². The second-order valence-corrected chi connectivity index (χ2v) is 6.11. The molecule has 0 aromatic carbocycles. The van der Waals surface area contributed by atoms with Gasteiger partial charge in [0.05, 0.1) is 13.0 Å². The van der Waals surface area contributed by atoms with Crippen LogP contribution in [0.3, 0.4) is 0 Å². The number of carbonyl (C=O) groups excluding carboxylic acids is 1. The minimum absolute atomic E-state index is 0.0285. The lowest BCUT2D eigenvalue weighted by Gasteiger charge is -2.48. The van der Waals surface area contributed by atoms with Gasteiger partial charge in [0.15, 0.2) is 0 Å². The van der Waals surface area contributed by atoms with Crippen LogP contribution in [0, 0.1) is 23.2 Å². The minimum atomic E-state index is -0.0285. The molecule has 2 rings (SSSR count). The fraction of sp³-hybridized carbons (Fsp3) is 0.800. The largest absolute Gasteiger partial charge is 0.469 e. The summed E-state index contributed by atoms with van der Waals surface area (Å²) >= 11 is 0. The van der Waals surface area contributed by atoms with Crippen LogP contribution >= 0.6 is 0 Å². The van der Waals surface area contributed by atoms with Crippen LogP contribution in [-0.2, 0) is 9.53 Å². The van der Waals surface area contributed by atoms with Gasteiger partial charge in [0.25, 0.3) is 0 Å². The topological polar surface area (TPSA) is 26.3 Å². The number of allylic oxidation sites excluding steroid dienone is 2. The van der Waals surface area contributed by atoms with Gasteiger partial charge in [-0.3, -0.25) is 4.79 Å². The zero-order chi connectivity index (χ0) is 12.6. The zero-order valence-corrected chi connectivity index (χ0v) is 11.5. The Kier molecular flexibility index (Phi) is 3.33. The van der Waals surface area contributed by atoms with Crippen molar-refractivity contribution in [3.63, 3.8) is 0 Å². The maximum atomic E-state index is 11.6. The highest BCUT2D eigenvalue weighted by Crippen LogP contribution is 2.53. The zero-order valence-electron chi connectivity index (χ0n) is 11.5. The number of esters is 1. The van der Waals surface area contributed by atoms with Crippen molar-refractivity contribution in [2.75, 3.05) is 7.11 Å². The van der Waals surface area contributed by atoms with E-state index in [1.807, 2.05) is 0 Å². The molecule has 2 heteroatoms. The fourth-order valence-corrected chi connectivity index (χ4v) is 3.60. The SMILES string of the molecule is COC(=O)[C@H]1CC[C@@]2(C)C(=CCC(C)C2C)C1. The Balaban J connectivity index is 2.19. The van der Waals surface area contributed by atoms with Gasteiger partial charge in [0.1, 0.15) is 0 Å². The van der Waals surface area contributed by atoms with E-state index in [2.05, 4.69) is 26.8 Å². The van der Waals surface area contributed by atoms with Crippen LogP contribution in [0.4, 0.5) is 0 Å². The van der Waals surface area contributed by atoms with Gasteiger partial charge in [-0.1, -0.05) is 32.4 Å². The third-order valence-corrected chi connectivity index (χ3v) is 5.34. The molecule has 1 fully saturated rings. The van der Waals surface area contributed by atoms with Gasteiger partial charge in [0.2, 0.25) is 0 Å². The monoisotopic (exact) mass is 236 g/mol. The second-order valence-electron chi connectivity index (χ2n) is 6.11. The van der Waals surface area contributed by atoms with Crippen LogP contribution in [0.25, 0.3) is 0 Å². The molecule has 2 aliphatic carbocycles. The molecule has 0 radical (unpaired) electrons.